The minimum atomic E-state index is -0.611. The molecule has 0 saturated carbocycles. The number of anilines is 1. The lowest BCUT2D eigenvalue weighted by atomic mass is 10.0. The molecule has 0 spiro atoms. The van der Waals surface area contributed by atoms with Crippen molar-refractivity contribution in [1.29, 1.82) is 0 Å². The summed E-state index contributed by atoms with van der Waals surface area (Å²) in [5, 5.41) is 18.0. The highest BCUT2D eigenvalue weighted by Crippen LogP contribution is 2.28. The number of fused-ring (bicyclic) bond motifs is 1. The van der Waals surface area contributed by atoms with Gasteiger partial charge >= 0.3 is 0 Å². The van der Waals surface area contributed by atoms with Crippen molar-refractivity contribution in [3.8, 4) is 28.3 Å². The van der Waals surface area contributed by atoms with E-state index in [9.17, 15) is 13.7 Å². The third kappa shape index (κ3) is 7.87. The van der Waals surface area contributed by atoms with Crippen LogP contribution in [-0.4, -0.2) is 56.2 Å². The molecule has 192 valence electrons. The van der Waals surface area contributed by atoms with Crippen LogP contribution in [0.1, 0.15) is 19.3 Å². The summed E-state index contributed by atoms with van der Waals surface area (Å²) in [4.78, 5) is 6.95. The number of benzene rings is 2. The van der Waals surface area contributed by atoms with Crippen LogP contribution in [0.25, 0.3) is 33.4 Å². The van der Waals surface area contributed by atoms with Gasteiger partial charge in [0.25, 0.3) is 0 Å². The monoisotopic (exact) mass is 513 g/mol. The lowest BCUT2D eigenvalue weighted by Gasteiger charge is -2.19. The third-order valence-corrected chi connectivity index (χ3v) is 5.42. The Bertz CT molecular complexity index is 1270. The van der Waals surface area contributed by atoms with E-state index in [0.717, 1.165) is 30.6 Å². The number of aliphatic hydroxyl groups is 1. The van der Waals surface area contributed by atoms with Gasteiger partial charge in [0, 0.05) is 53.3 Å². The average molecular weight is 514 g/mol. The van der Waals surface area contributed by atoms with E-state index in [2.05, 4.69) is 9.97 Å². The molecule has 7 nitrogen and oxygen atoms in total. The minimum absolute atomic E-state index is 0.0345. The van der Waals surface area contributed by atoms with E-state index in [1.54, 1.807) is 12.5 Å². The number of aromatic amines is 1. The molecule has 5 N–H and O–H groups in total. The zero-order valence-corrected chi connectivity index (χ0v) is 21.2. The quantitative estimate of drug-likeness (QED) is 0.290. The van der Waals surface area contributed by atoms with Crippen molar-refractivity contribution in [2.24, 2.45) is 0 Å². The Morgan fingerprint density at radius 1 is 1.06 bits per heavy atom. The van der Waals surface area contributed by atoms with Crippen LogP contribution in [0.15, 0.2) is 60.7 Å². The number of nitrogens with one attached hydrogen (secondary N) is 1. The van der Waals surface area contributed by atoms with E-state index >= 15 is 0 Å². The smallest absolute Gasteiger partial charge is 0.190 e. The molecular weight excluding hydrogens is 481 g/mol. The number of aromatic nitrogens is 2. The molecular formula is C27H32FN3O4S. The summed E-state index contributed by atoms with van der Waals surface area (Å²) in [5.74, 6) is -0.475. The van der Waals surface area contributed by atoms with Crippen LogP contribution >= 0.6 is 0 Å². The highest BCUT2D eigenvalue weighted by molar-refractivity contribution is 7.83. The second kappa shape index (κ2) is 13.2. The molecule has 36 heavy (non-hydrogen) atoms. The molecule has 1 saturated heterocycles. The fraction of sp³-hybridized carbons (Fsp3) is 0.296. The van der Waals surface area contributed by atoms with Crippen LogP contribution in [0.2, 0.25) is 0 Å². The van der Waals surface area contributed by atoms with Gasteiger partial charge in [0.1, 0.15) is 5.69 Å². The van der Waals surface area contributed by atoms with Crippen LogP contribution in [0.5, 0.6) is 5.88 Å². The topological polar surface area (TPSA) is 121 Å². The number of H-pyrrole nitrogens is 1. The summed E-state index contributed by atoms with van der Waals surface area (Å²) in [7, 11) is -0.611. The first-order valence-electron chi connectivity index (χ1n) is 11.6. The van der Waals surface area contributed by atoms with Crippen molar-refractivity contribution in [3.05, 3.63) is 66.5 Å². The molecule has 1 aliphatic heterocycles. The fourth-order valence-electron chi connectivity index (χ4n) is 3.67. The summed E-state index contributed by atoms with van der Waals surface area (Å²) in [6, 6.07) is 17.9. The number of nitrogens with two attached hydrogens (primary N) is 1. The predicted octanol–water partition coefficient (Wildman–Crippen LogP) is 4.87. The molecule has 1 atom stereocenters. The minimum Gasteiger partial charge on any atom is -0.495 e. The van der Waals surface area contributed by atoms with Crippen molar-refractivity contribution in [2.45, 2.75) is 25.4 Å². The van der Waals surface area contributed by atoms with Gasteiger partial charge in [-0.25, -0.2) is 9.37 Å². The van der Waals surface area contributed by atoms with E-state index in [4.69, 9.17) is 15.6 Å². The maximum absolute atomic E-state index is 14.3. The van der Waals surface area contributed by atoms with Gasteiger partial charge in [-0.15, -0.1) is 0 Å². The second-order valence-corrected chi connectivity index (χ2v) is 10.0. The Morgan fingerprint density at radius 2 is 1.64 bits per heavy atom. The number of aromatic hydroxyl groups is 1. The molecule has 4 aromatic rings. The molecule has 0 amide bonds. The van der Waals surface area contributed by atoms with E-state index < -0.39 is 16.6 Å². The molecule has 0 aliphatic carbocycles. The lowest BCUT2D eigenvalue weighted by Crippen LogP contribution is -2.22. The number of hydrogen-bond donors (Lipinski definition) is 4. The van der Waals surface area contributed by atoms with Crippen molar-refractivity contribution in [2.75, 3.05) is 31.5 Å². The standard InChI is InChI=1S/C19H14FN3O.C6H12O2.C2H6OS/c20-15-9-16-17(10-18(24)22-16)23-19(15)13-3-1-11(2-4-13)12-5-7-14(21)8-6-12;7-5-6-3-1-2-4-8-6;1-4(2)3/h1-10,22,24H,21H2;6-7H,1-5H2;1-2H3. The summed E-state index contributed by atoms with van der Waals surface area (Å²) >= 11 is 0. The van der Waals surface area contributed by atoms with E-state index in [1.165, 1.54) is 18.6 Å². The van der Waals surface area contributed by atoms with Gasteiger partial charge in [-0.3, -0.25) is 4.21 Å². The van der Waals surface area contributed by atoms with Crippen LogP contribution in [0, 0.1) is 5.82 Å². The molecule has 1 fully saturated rings. The molecule has 2 aromatic carbocycles. The van der Waals surface area contributed by atoms with Crippen LogP contribution in [-0.2, 0) is 15.5 Å². The maximum atomic E-state index is 14.3. The zero-order chi connectivity index (χ0) is 26.1. The number of rotatable bonds is 3. The normalized spacial score (nSPS) is 15.1. The lowest BCUT2D eigenvalue weighted by molar-refractivity contribution is -0.0172. The number of nitrogens with zero attached hydrogens (tertiary/aromatic N) is 1. The Labute approximate surface area is 212 Å². The van der Waals surface area contributed by atoms with Gasteiger partial charge in [-0.05, 0) is 42.5 Å². The number of hydrogen-bond acceptors (Lipinski definition) is 6. The Hall–Kier alpha value is -3.27. The number of aliphatic hydroxyl groups excluding tert-OH is 1. The number of nitrogen functional groups attached to an aromatic ring is 1. The highest BCUT2D eigenvalue weighted by atomic mass is 32.2. The first-order valence-corrected chi connectivity index (χ1v) is 13.6. The van der Waals surface area contributed by atoms with Crippen LogP contribution < -0.4 is 5.73 Å². The SMILES string of the molecule is CS(C)=O.Nc1ccc(-c2ccc(-c3nc4cc(O)[nH]c4cc3F)cc2)cc1.OCC1CCCCO1. The Morgan fingerprint density at radius 3 is 2.17 bits per heavy atom. The Kier molecular flexibility index (Phi) is 9.98. The summed E-state index contributed by atoms with van der Waals surface area (Å²) in [6.07, 6.45) is 6.84. The zero-order valence-electron chi connectivity index (χ0n) is 20.4. The van der Waals surface area contributed by atoms with Gasteiger partial charge < -0.3 is 25.7 Å². The summed E-state index contributed by atoms with van der Waals surface area (Å²) < 4.78 is 29.0. The highest BCUT2D eigenvalue weighted by Gasteiger charge is 2.12. The van der Waals surface area contributed by atoms with Crippen molar-refractivity contribution >= 4 is 27.5 Å². The van der Waals surface area contributed by atoms with Crippen molar-refractivity contribution in [3.63, 3.8) is 0 Å². The molecule has 0 radical (unpaired) electrons. The molecule has 0 bridgehead atoms. The second-order valence-electron chi connectivity index (χ2n) is 8.52. The van der Waals surface area contributed by atoms with Gasteiger partial charge in [0.2, 0.25) is 0 Å². The molecule has 1 unspecified atom stereocenters. The number of ether oxygens (including phenoxy) is 1. The van der Waals surface area contributed by atoms with Gasteiger partial charge in [-0.1, -0.05) is 36.4 Å². The maximum Gasteiger partial charge on any atom is 0.190 e. The Balaban J connectivity index is 0.000000250. The predicted molar refractivity (Wildman–Crippen MR) is 144 cm³/mol. The largest absolute Gasteiger partial charge is 0.495 e. The number of halogens is 1. The molecule has 2 aromatic heterocycles. The summed E-state index contributed by atoms with van der Waals surface area (Å²) in [6.45, 7) is 1.03. The van der Waals surface area contributed by atoms with E-state index in [-0.39, 0.29) is 24.3 Å². The molecule has 9 heteroatoms. The van der Waals surface area contributed by atoms with Crippen LogP contribution in [0.4, 0.5) is 10.1 Å². The first-order chi connectivity index (χ1) is 17.3. The fourth-order valence-corrected chi connectivity index (χ4v) is 3.67. The van der Waals surface area contributed by atoms with Crippen molar-refractivity contribution in [1.82, 2.24) is 9.97 Å². The van der Waals surface area contributed by atoms with Crippen LogP contribution in [0.3, 0.4) is 0 Å². The average Bonchev–Trinajstić information content (AvgIpc) is 3.23. The van der Waals surface area contributed by atoms with Gasteiger partial charge in [0.15, 0.2) is 11.7 Å². The first kappa shape index (κ1) is 27.3. The molecule has 3 heterocycles. The van der Waals surface area contributed by atoms with E-state index in [0.29, 0.717) is 22.3 Å². The van der Waals surface area contributed by atoms with Crippen molar-refractivity contribution < 1.29 is 23.5 Å². The van der Waals surface area contributed by atoms with Gasteiger partial charge in [0.05, 0.1) is 23.7 Å². The number of pyridine rings is 1. The molecule has 5 rings (SSSR count). The van der Waals surface area contributed by atoms with Gasteiger partial charge in [-0.2, -0.15) is 0 Å². The third-order valence-electron chi connectivity index (χ3n) is 5.42. The van der Waals surface area contributed by atoms with E-state index in [1.807, 2.05) is 48.5 Å². The molecule has 1 aliphatic rings. The summed E-state index contributed by atoms with van der Waals surface area (Å²) in [5.41, 5.74) is 10.4.